The predicted molar refractivity (Wildman–Crippen MR) is 179 cm³/mol. The van der Waals surface area contributed by atoms with Crippen LogP contribution in [-0.2, 0) is 11.2 Å². The molecule has 0 spiro atoms. The molecule has 0 fully saturated rings. The zero-order valence-electron chi connectivity index (χ0n) is 25.2. The summed E-state index contributed by atoms with van der Waals surface area (Å²) in [6.45, 7) is 7.55. The van der Waals surface area contributed by atoms with E-state index in [1.54, 1.807) is 0 Å². The Bertz CT molecular complexity index is 1510. The minimum Gasteiger partial charge on any atom is -0.494 e. The van der Waals surface area contributed by atoms with Crippen molar-refractivity contribution in [1.82, 2.24) is 0 Å². The molecule has 0 radical (unpaired) electrons. The molecule has 0 saturated carbocycles. The number of benzene rings is 4. The summed E-state index contributed by atoms with van der Waals surface area (Å²) in [6, 6.07) is 34.7. The van der Waals surface area contributed by atoms with Crippen molar-refractivity contribution in [3.63, 3.8) is 0 Å². The zero-order valence-corrected chi connectivity index (χ0v) is 25.2. The smallest absolute Gasteiger partial charge is 0.119 e. The van der Waals surface area contributed by atoms with Crippen molar-refractivity contribution >= 4 is 23.1 Å². The summed E-state index contributed by atoms with van der Waals surface area (Å²) < 4.78 is 11.9. The molecule has 0 aliphatic heterocycles. The maximum atomic E-state index is 9.58. The molecule has 0 heterocycles. The van der Waals surface area contributed by atoms with Gasteiger partial charge in [0.15, 0.2) is 0 Å². The van der Waals surface area contributed by atoms with E-state index < -0.39 is 0 Å². The van der Waals surface area contributed by atoms with Crippen molar-refractivity contribution in [3.05, 3.63) is 137 Å². The number of nitrogen functional groups attached to an aromatic ring is 1. The number of aryl methyl sites for hydroxylation is 1. The third-order valence-electron chi connectivity index (χ3n) is 7.35. The molecule has 4 rings (SSSR count). The number of hydrogen-bond acceptors (Lipinski definition) is 4. The number of nitrogens with two attached hydrogens (primary N) is 1. The lowest BCUT2D eigenvalue weighted by atomic mass is 10.0. The van der Waals surface area contributed by atoms with Crippen molar-refractivity contribution < 1.29 is 9.47 Å². The molecule has 4 aromatic carbocycles. The van der Waals surface area contributed by atoms with Crippen molar-refractivity contribution in [2.75, 3.05) is 18.9 Å². The molecular formula is C39H42N2O2. The molecule has 0 unspecified atom stereocenters. The van der Waals surface area contributed by atoms with Gasteiger partial charge in [-0.1, -0.05) is 105 Å². The highest BCUT2D eigenvalue weighted by Gasteiger charge is 2.06. The fraction of sp³-hybridized carbons (Fsp3) is 0.256. The second-order valence-corrected chi connectivity index (χ2v) is 11.0. The van der Waals surface area contributed by atoms with Gasteiger partial charge < -0.3 is 15.2 Å². The van der Waals surface area contributed by atoms with Crippen LogP contribution in [-0.4, -0.2) is 13.2 Å². The Morgan fingerprint density at radius 3 is 2.14 bits per heavy atom. The molecule has 220 valence electrons. The number of allylic oxidation sites excluding steroid dienone is 1. The normalized spacial score (nSPS) is 11.1. The van der Waals surface area contributed by atoms with Gasteiger partial charge in [-0.25, -0.2) is 0 Å². The SMILES string of the molecule is C=C(OCCCCCCCCOc1ccc(/C=C(\C#N)c2ccc(C)cc2)cc1)c1cc(N)cc(Cc2ccccc2)c1. The van der Waals surface area contributed by atoms with Crippen LogP contribution in [0.5, 0.6) is 5.75 Å². The highest BCUT2D eigenvalue weighted by molar-refractivity contribution is 5.89. The number of ether oxygens (including phenoxy) is 2. The fourth-order valence-electron chi connectivity index (χ4n) is 4.93. The van der Waals surface area contributed by atoms with E-state index in [2.05, 4.69) is 43.0 Å². The molecule has 0 aromatic heterocycles. The molecule has 43 heavy (non-hydrogen) atoms. The second-order valence-electron chi connectivity index (χ2n) is 11.0. The summed E-state index contributed by atoms with van der Waals surface area (Å²) in [4.78, 5) is 0. The lowest BCUT2D eigenvalue weighted by Crippen LogP contribution is -1.99. The van der Waals surface area contributed by atoms with Crippen LogP contribution in [0.2, 0.25) is 0 Å². The summed E-state index contributed by atoms with van der Waals surface area (Å²) in [5.41, 5.74) is 14.0. The first-order valence-corrected chi connectivity index (χ1v) is 15.2. The highest BCUT2D eigenvalue weighted by atomic mass is 16.5. The van der Waals surface area contributed by atoms with E-state index in [0.29, 0.717) is 24.5 Å². The van der Waals surface area contributed by atoms with Crippen molar-refractivity contribution in [2.24, 2.45) is 0 Å². The predicted octanol–water partition coefficient (Wildman–Crippen LogP) is 9.64. The van der Waals surface area contributed by atoms with Gasteiger partial charge in [-0.3, -0.25) is 0 Å². The Hall–Kier alpha value is -4.75. The van der Waals surface area contributed by atoms with Gasteiger partial charge in [-0.05, 0) is 84.8 Å². The summed E-state index contributed by atoms with van der Waals surface area (Å²) in [5, 5.41) is 9.58. The fourth-order valence-corrected chi connectivity index (χ4v) is 4.93. The van der Waals surface area contributed by atoms with Gasteiger partial charge in [0.2, 0.25) is 0 Å². The van der Waals surface area contributed by atoms with Crippen LogP contribution in [0.4, 0.5) is 5.69 Å². The lowest BCUT2D eigenvalue weighted by molar-refractivity contribution is 0.266. The lowest BCUT2D eigenvalue weighted by Gasteiger charge is -2.12. The van der Waals surface area contributed by atoms with E-state index in [4.69, 9.17) is 15.2 Å². The Labute approximate surface area is 257 Å². The van der Waals surface area contributed by atoms with Crippen LogP contribution < -0.4 is 10.5 Å². The molecule has 0 aliphatic carbocycles. The minimum absolute atomic E-state index is 0.652. The van der Waals surface area contributed by atoms with E-state index >= 15 is 0 Å². The van der Waals surface area contributed by atoms with Gasteiger partial charge in [0.1, 0.15) is 11.5 Å². The third-order valence-corrected chi connectivity index (χ3v) is 7.35. The summed E-state index contributed by atoms with van der Waals surface area (Å²) in [7, 11) is 0. The summed E-state index contributed by atoms with van der Waals surface area (Å²) in [5.74, 6) is 1.54. The average Bonchev–Trinajstić information content (AvgIpc) is 3.02. The number of anilines is 1. The van der Waals surface area contributed by atoms with Gasteiger partial charge >= 0.3 is 0 Å². The van der Waals surface area contributed by atoms with E-state index in [0.717, 1.165) is 65.8 Å². The van der Waals surface area contributed by atoms with Gasteiger partial charge in [0.25, 0.3) is 0 Å². The summed E-state index contributed by atoms with van der Waals surface area (Å²) >= 11 is 0. The molecule has 0 aliphatic rings. The molecule has 0 amide bonds. The first kappa shape index (κ1) is 31.2. The van der Waals surface area contributed by atoms with Gasteiger partial charge in [0.05, 0.1) is 24.9 Å². The number of nitriles is 1. The van der Waals surface area contributed by atoms with Gasteiger partial charge in [-0.2, -0.15) is 5.26 Å². The van der Waals surface area contributed by atoms with Crippen molar-refractivity contribution in [3.8, 4) is 11.8 Å². The molecule has 2 N–H and O–H groups in total. The average molecular weight is 571 g/mol. The van der Waals surface area contributed by atoms with Crippen LogP contribution in [0.25, 0.3) is 17.4 Å². The topological polar surface area (TPSA) is 68.3 Å². The first-order chi connectivity index (χ1) is 21.0. The minimum atomic E-state index is 0.652. The van der Waals surface area contributed by atoms with Crippen LogP contribution in [0.15, 0.2) is 104 Å². The second kappa shape index (κ2) is 16.6. The van der Waals surface area contributed by atoms with Crippen LogP contribution in [0, 0.1) is 18.3 Å². The monoisotopic (exact) mass is 570 g/mol. The Kier molecular flexibility index (Phi) is 12.1. The zero-order chi connectivity index (χ0) is 30.3. The molecule has 4 aromatic rings. The van der Waals surface area contributed by atoms with Crippen molar-refractivity contribution in [2.45, 2.75) is 51.9 Å². The largest absolute Gasteiger partial charge is 0.494 e. The van der Waals surface area contributed by atoms with E-state index in [1.165, 1.54) is 24.0 Å². The van der Waals surface area contributed by atoms with E-state index in [9.17, 15) is 5.26 Å². The number of unbranched alkanes of at least 4 members (excludes halogenated alkanes) is 5. The Balaban J connectivity index is 1.07. The maximum Gasteiger partial charge on any atom is 0.119 e. The number of hydrogen-bond donors (Lipinski definition) is 1. The van der Waals surface area contributed by atoms with E-state index in [-0.39, 0.29) is 0 Å². The Morgan fingerprint density at radius 1 is 0.767 bits per heavy atom. The van der Waals surface area contributed by atoms with Crippen molar-refractivity contribution in [1.29, 1.82) is 5.26 Å². The number of nitrogens with zero attached hydrogens (tertiary/aromatic N) is 1. The van der Waals surface area contributed by atoms with Crippen LogP contribution in [0.1, 0.15) is 71.9 Å². The molecule has 4 nitrogen and oxygen atoms in total. The van der Waals surface area contributed by atoms with Gasteiger partial charge in [0, 0.05) is 11.3 Å². The molecule has 0 bridgehead atoms. The van der Waals surface area contributed by atoms with E-state index in [1.807, 2.05) is 79.7 Å². The molecule has 0 atom stereocenters. The number of rotatable bonds is 16. The third kappa shape index (κ3) is 10.5. The molecular weight excluding hydrogens is 528 g/mol. The van der Waals surface area contributed by atoms with Crippen LogP contribution in [0.3, 0.4) is 0 Å². The molecule has 4 heteroatoms. The Morgan fingerprint density at radius 2 is 1.44 bits per heavy atom. The quantitative estimate of drug-likeness (QED) is 0.0479. The highest BCUT2D eigenvalue weighted by Crippen LogP contribution is 2.23. The van der Waals surface area contributed by atoms with Gasteiger partial charge in [-0.15, -0.1) is 0 Å². The maximum absolute atomic E-state index is 9.58. The molecule has 0 saturated heterocycles. The first-order valence-electron chi connectivity index (χ1n) is 15.2. The van der Waals surface area contributed by atoms with Crippen LogP contribution >= 0.6 is 0 Å². The standard InChI is InChI=1S/C39H42N2O2/c1-30-14-18-35(19-15-30)37(29-40)25-33-16-20-39(21-17-33)43-23-11-6-4-3-5-10-22-42-31(2)36-26-34(27-38(41)28-36)24-32-12-8-7-9-13-32/h7-9,12-21,25-28H,2-6,10-11,22-24,41H2,1H3/b37-25+. The summed E-state index contributed by atoms with van der Waals surface area (Å²) in [6.07, 6.45) is 9.42.